The highest BCUT2D eigenvalue weighted by molar-refractivity contribution is 9.10. The molecular weight excluding hydrogens is 453 g/mol. The van der Waals surface area contributed by atoms with Crippen molar-refractivity contribution in [2.24, 2.45) is 11.1 Å². The highest BCUT2D eigenvalue weighted by Gasteiger charge is 2.57. The SMILES string of the molecule is NC(=O)C1(C(=O)N(c2ccc(Br)cc2)c2ccnc(Nc3ccc(F)cc3)n2)CC1. The van der Waals surface area contributed by atoms with E-state index in [4.69, 9.17) is 5.73 Å². The van der Waals surface area contributed by atoms with E-state index in [-0.39, 0.29) is 17.6 Å². The van der Waals surface area contributed by atoms with Gasteiger partial charge < -0.3 is 11.1 Å². The summed E-state index contributed by atoms with van der Waals surface area (Å²) in [6, 6.07) is 14.4. The van der Waals surface area contributed by atoms with Crippen molar-refractivity contribution in [1.29, 1.82) is 0 Å². The minimum absolute atomic E-state index is 0.220. The van der Waals surface area contributed by atoms with Gasteiger partial charge in [-0.1, -0.05) is 15.9 Å². The summed E-state index contributed by atoms with van der Waals surface area (Å²) in [5.41, 5.74) is 5.44. The maximum Gasteiger partial charge on any atom is 0.248 e. The predicted molar refractivity (Wildman–Crippen MR) is 114 cm³/mol. The Kier molecular flexibility index (Phi) is 5.21. The monoisotopic (exact) mass is 469 g/mol. The van der Waals surface area contributed by atoms with Crippen molar-refractivity contribution >= 4 is 50.9 Å². The van der Waals surface area contributed by atoms with E-state index in [1.54, 1.807) is 42.5 Å². The van der Waals surface area contributed by atoms with E-state index in [1.807, 2.05) is 0 Å². The summed E-state index contributed by atoms with van der Waals surface area (Å²) in [5, 5.41) is 2.98. The number of nitrogens with two attached hydrogens (primary N) is 1. The second kappa shape index (κ2) is 7.83. The normalized spacial score (nSPS) is 14.1. The van der Waals surface area contributed by atoms with E-state index >= 15 is 0 Å². The molecule has 9 heteroatoms. The van der Waals surface area contributed by atoms with Crippen molar-refractivity contribution in [2.75, 3.05) is 10.2 Å². The molecule has 2 amide bonds. The van der Waals surface area contributed by atoms with Gasteiger partial charge in [0.15, 0.2) is 0 Å². The van der Waals surface area contributed by atoms with E-state index in [2.05, 4.69) is 31.2 Å². The molecule has 152 valence electrons. The lowest BCUT2D eigenvalue weighted by Gasteiger charge is -2.25. The van der Waals surface area contributed by atoms with Crippen LogP contribution in [0.2, 0.25) is 0 Å². The minimum Gasteiger partial charge on any atom is -0.369 e. The number of nitrogens with one attached hydrogen (secondary N) is 1. The zero-order chi connectivity index (χ0) is 21.3. The first kappa shape index (κ1) is 20.0. The predicted octanol–water partition coefficient (Wildman–Crippen LogP) is 4.05. The number of aromatic nitrogens is 2. The van der Waals surface area contributed by atoms with Crippen molar-refractivity contribution in [2.45, 2.75) is 12.8 Å². The van der Waals surface area contributed by atoms with Gasteiger partial charge in [-0.05, 0) is 61.4 Å². The Morgan fingerprint density at radius 2 is 1.73 bits per heavy atom. The number of primary amides is 1. The fourth-order valence-electron chi connectivity index (χ4n) is 3.04. The molecular formula is C21H17BrFN5O2. The van der Waals surface area contributed by atoms with E-state index in [0.717, 1.165) is 4.47 Å². The molecule has 1 saturated carbocycles. The number of halogens is 2. The smallest absolute Gasteiger partial charge is 0.248 e. The quantitative estimate of drug-likeness (QED) is 0.530. The number of rotatable bonds is 6. The van der Waals surface area contributed by atoms with Crippen LogP contribution in [0, 0.1) is 11.2 Å². The highest BCUT2D eigenvalue weighted by Crippen LogP contribution is 2.48. The standard InChI is InChI=1S/C21H17BrFN5O2/c22-13-1-7-16(8-2-13)28(19(30)21(10-11-21)18(24)29)17-9-12-25-20(27-17)26-15-5-3-14(23)4-6-15/h1-9,12H,10-11H2,(H2,24,29)(H,25,26,27). The van der Waals surface area contributed by atoms with Gasteiger partial charge in [0.05, 0.1) is 5.69 Å². The first-order chi connectivity index (χ1) is 14.4. The molecule has 1 fully saturated rings. The number of anilines is 4. The second-order valence-corrected chi connectivity index (χ2v) is 7.85. The van der Waals surface area contributed by atoms with Crippen molar-refractivity contribution in [3.05, 3.63) is 71.1 Å². The van der Waals surface area contributed by atoms with E-state index in [1.165, 1.54) is 23.2 Å². The van der Waals surface area contributed by atoms with Gasteiger partial charge in [-0.3, -0.25) is 14.5 Å². The summed E-state index contributed by atoms with van der Waals surface area (Å²) in [6.07, 6.45) is 2.30. The van der Waals surface area contributed by atoms with Crippen LogP contribution in [0.3, 0.4) is 0 Å². The average Bonchev–Trinajstić information content (AvgIpc) is 3.54. The van der Waals surface area contributed by atoms with Gasteiger partial charge in [-0.2, -0.15) is 4.98 Å². The van der Waals surface area contributed by atoms with Gasteiger partial charge in [0.2, 0.25) is 17.8 Å². The fourth-order valence-corrected chi connectivity index (χ4v) is 3.31. The molecule has 0 atom stereocenters. The number of hydrogen-bond donors (Lipinski definition) is 2. The van der Waals surface area contributed by atoms with E-state index in [0.29, 0.717) is 24.2 Å². The minimum atomic E-state index is -1.22. The lowest BCUT2D eigenvalue weighted by molar-refractivity contribution is -0.133. The molecule has 0 unspecified atom stereocenters. The number of amides is 2. The van der Waals surface area contributed by atoms with Crippen LogP contribution < -0.4 is 16.0 Å². The largest absolute Gasteiger partial charge is 0.369 e. The molecule has 0 spiro atoms. The molecule has 0 bridgehead atoms. The van der Waals surface area contributed by atoms with Gasteiger partial charge in [0.1, 0.15) is 17.1 Å². The van der Waals surface area contributed by atoms with Gasteiger partial charge in [0.25, 0.3) is 0 Å². The van der Waals surface area contributed by atoms with Crippen LogP contribution in [0.5, 0.6) is 0 Å². The summed E-state index contributed by atoms with van der Waals surface area (Å²) in [7, 11) is 0. The third-order valence-corrected chi connectivity index (χ3v) is 5.42. The summed E-state index contributed by atoms with van der Waals surface area (Å²) in [6.45, 7) is 0. The van der Waals surface area contributed by atoms with Gasteiger partial charge in [-0.25, -0.2) is 9.37 Å². The number of nitrogens with zero attached hydrogens (tertiary/aromatic N) is 3. The fraction of sp³-hybridized carbons (Fsp3) is 0.143. The maximum absolute atomic E-state index is 13.4. The van der Waals surface area contributed by atoms with E-state index < -0.39 is 17.2 Å². The Hall–Kier alpha value is -3.33. The van der Waals surface area contributed by atoms with Crippen LogP contribution in [0.15, 0.2) is 65.3 Å². The average molecular weight is 470 g/mol. The molecule has 4 rings (SSSR count). The van der Waals surface area contributed by atoms with Crippen LogP contribution in [0.25, 0.3) is 0 Å². The van der Waals surface area contributed by atoms with Crippen LogP contribution >= 0.6 is 15.9 Å². The molecule has 0 aliphatic heterocycles. The molecule has 1 aromatic heterocycles. The molecule has 30 heavy (non-hydrogen) atoms. The van der Waals surface area contributed by atoms with Gasteiger partial charge in [-0.15, -0.1) is 0 Å². The zero-order valence-electron chi connectivity index (χ0n) is 15.7. The number of hydrogen-bond acceptors (Lipinski definition) is 5. The molecule has 0 radical (unpaired) electrons. The van der Waals surface area contributed by atoms with Crippen molar-refractivity contribution in [3.63, 3.8) is 0 Å². The molecule has 1 aliphatic rings. The van der Waals surface area contributed by atoms with Gasteiger partial charge in [0, 0.05) is 22.4 Å². The number of benzene rings is 2. The Morgan fingerprint density at radius 1 is 1.07 bits per heavy atom. The number of carbonyl (C=O) groups is 2. The molecule has 7 nitrogen and oxygen atoms in total. The topological polar surface area (TPSA) is 101 Å². The first-order valence-corrected chi connectivity index (χ1v) is 9.94. The summed E-state index contributed by atoms with van der Waals surface area (Å²) >= 11 is 3.38. The van der Waals surface area contributed by atoms with Crippen molar-refractivity contribution < 1.29 is 14.0 Å². The summed E-state index contributed by atoms with van der Waals surface area (Å²) in [5.74, 6) is -0.923. The van der Waals surface area contributed by atoms with Crippen LogP contribution in [-0.2, 0) is 9.59 Å². The molecule has 0 saturated heterocycles. The molecule has 3 aromatic rings. The highest BCUT2D eigenvalue weighted by atomic mass is 79.9. The van der Waals surface area contributed by atoms with Crippen molar-refractivity contribution in [1.82, 2.24) is 9.97 Å². The first-order valence-electron chi connectivity index (χ1n) is 9.15. The van der Waals surface area contributed by atoms with E-state index in [9.17, 15) is 14.0 Å². The van der Waals surface area contributed by atoms with Crippen LogP contribution in [0.4, 0.5) is 27.5 Å². The Bertz CT molecular complexity index is 1100. The number of carbonyl (C=O) groups excluding carboxylic acids is 2. The molecule has 2 aromatic carbocycles. The van der Waals surface area contributed by atoms with Crippen LogP contribution in [0.1, 0.15) is 12.8 Å². The molecule has 1 aliphatic carbocycles. The van der Waals surface area contributed by atoms with Crippen molar-refractivity contribution in [3.8, 4) is 0 Å². The summed E-state index contributed by atoms with van der Waals surface area (Å²) in [4.78, 5) is 35.3. The lowest BCUT2D eigenvalue weighted by atomic mass is 10.0. The Morgan fingerprint density at radius 3 is 2.33 bits per heavy atom. The Balaban J connectivity index is 1.72. The third-order valence-electron chi connectivity index (χ3n) is 4.89. The molecule has 3 N–H and O–H groups in total. The summed E-state index contributed by atoms with van der Waals surface area (Å²) < 4.78 is 14.0. The van der Waals surface area contributed by atoms with Gasteiger partial charge >= 0.3 is 0 Å². The zero-order valence-corrected chi connectivity index (χ0v) is 17.3. The molecule has 1 heterocycles. The maximum atomic E-state index is 13.4. The lowest BCUT2D eigenvalue weighted by Crippen LogP contribution is -2.41. The third kappa shape index (κ3) is 3.88. The second-order valence-electron chi connectivity index (χ2n) is 6.93. The van der Waals surface area contributed by atoms with Crippen LogP contribution in [-0.4, -0.2) is 21.8 Å². The Labute approximate surface area is 180 Å².